The lowest BCUT2D eigenvalue weighted by atomic mass is 10.0. The van der Waals surface area contributed by atoms with Crippen molar-refractivity contribution >= 4 is 49.9 Å². The van der Waals surface area contributed by atoms with Crippen molar-refractivity contribution < 1.29 is 4.79 Å². The molecule has 2 N–H and O–H groups in total. The first-order valence-electron chi connectivity index (χ1n) is 9.80. The second kappa shape index (κ2) is 8.16. The van der Waals surface area contributed by atoms with E-state index in [4.69, 9.17) is 0 Å². The zero-order chi connectivity index (χ0) is 20.5. The smallest absolute Gasteiger partial charge is 0.261 e. The summed E-state index contributed by atoms with van der Waals surface area (Å²) in [4.78, 5) is 21.9. The van der Waals surface area contributed by atoms with Gasteiger partial charge in [0.05, 0.1) is 14.2 Å². The number of anilines is 1. The number of nitrogens with zero attached hydrogens (tertiary/aromatic N) is 2. The number of carbonyl (C=O) groups is 1. The van der Waals surface area contributed by atoms with Crippen molar-refractivity contribution in [2.45, 2.75) is 25.4 Å². The van der Waals surface area contributed by atoms with Crippen LogP contribution in [0.1, 0.15) is 28.1 Å². The lowest BCUT2D eigenvalue weighted by Gasteiger charge is -2.10. The minimum atomic E-state index is -0.0604. The molecular formula is C23H19BrN4OS. The number of fused-ring (bicyclic) bond motifs is 1. The van der Waals surface area contributed by atoms with E-state index in [1.165, 1.54) is 24.2 Å². The van der Waals surface area contributed by atoms with E-state index in [1.54, 1.807) is 6.33 Å². The first-order valence-corrected chi connectivity index (χ1v) is 11.4. The Labute approximate surface area is 186 Å². The largest absolute Gasteiger partial charge is 0.367 e. The van der Waals surface area contributed by atoms with Crippen LogP contribution in [-0.4, -0.2) is 21.9 Å². The summed E-state index contributed by atoms with van der Waals surface area (Å²) in [5.74, 6) is 0.838. The molecule has 0 bridgehead atoms. The Kier molecular flexibility index (Phi) is 5.23. The topological polar surface area (TPSA) is 66.9 Å². The van der Waals surface area contributed by atoms with Crippen molar-refractivity contribution in [1.29, 1.82) is 0 Å². The Balaban J connectivity index is 1.38. The van der Waals surface area contributed by atoms with Gasteiger partial charge in [-0.25, -0.2) is 9.97 Å². The summed E-state index contributed by atoms with van der Waals surface area (Å²) >= 11 is 4.82. The van der Waals surface area contributed by atoms with Crippen molar-refractivity contribution in [2.75, 3.05) is 5.32 Å². The molecule has 7 heteroatoms. The summed E-state index contributed by atoms with van der Waals surface area (Å²) in [6.45, 7) is 0.480. The molecule has 2 aromatic carbocycles. The zero-order valence-corrected chi connectivity index (χ0v) is 18.5. The fraction of sp³-hybridized carbons (Fsp3) is 0.174. The highest BCUT2D eigenvalue weighted by atomic mass is 79.9. The molecule has 1 amide bonds. The molecule has 1 saturated carbocycles. The average molecular weight is 479 g/mol. The molecule has 2 aromatic heterocycles. The Bertz CT molecular complexity index is 1230. The van der Waals surface area contributed by atoms with E-state index in [2.05, 4.69) is 60.8 Å². The van der Waals surface area contributed by atoms with E-state index in [0.717, 1.165) is 37.2 Å². The zero-order valence-electron chi connectivity index (χ0n) is 16.1. The van der Waals surface area contributed by atoms with Crippen LogP contribution < -0.4 is 10.6 Å². The highest BCUT2D eigenvalue weighted by Crippen LogP contribution is 2.31. The molecule has 5 nitrogen and oxygen atoms in total. The molecule has 1 aliphatic carbocycles. The number of hydrogen-bond acceptors (Lipinski definition) is 5. The molecule has 2 heterocycles. The maximum Gasteiger partial charge on any atom is 0.261 e. The number of aromatic nitrogens is 2. The molecule has 150 valence electrons. The first-order chi connectivity index (χ1) is 14.7. The molecule has 1 aliphatic rings. The molecule has 1 fully saturated rings. The van der Waals surface area contributed by atoms with Crippen molar-refractivity contribution in [3.05, 3.63) is 75.2 Å². The van der Waals surface area contributed by atoms with Crippen molar-refractivity contribution in [3.8, 4) is 11.1 Å². The lowest BCUT2D eigenvalue weighted by Crippen LogP contribution is -2.21. The summed E-state index contributed by atoms with van der Waals surface area (Å²) in [6.07, 6.45) is 4.00. The minimum absolute atomic E-state index is 0.0604. The molecule has 0 unspecified atom stereocenters. The van der Waals surface area contributed by atoms with Gasteiger partial charge in [-0.3, -0.25) is 4.79 Å². The van der Waals surface area contributed by atoms with Gasteiger partial charge in [-0.1, -0.05) is 24.3 Å². The molecule has 0 spiro atoms. The molecule has 30 heavy (non-hydrogen) atoms. The van der Waals surface area contributed by atoms with Crippen molar-refractivity contribution in [1.82, 2.24) is 15.3 Å². The van der Waals surface area contributed by atoms with Crippen molar-refractivity contribution in [3.63, 3.8) is 0 Å². The van der Waals surface area contributed by atoms with Crippen LogP contribution in [0.2, 0.25) is 0 Å². The third kappa shape index (κ3) is 4.22. The second-order valence-corrected chi connectivity index (χ2v) is 9.82. The van der Waals surface area contributed by atoms with E-state index in [-0.39, 0.29) is 5.91 Å². The second-order valence-electron chi connectivity index (χ2n) is 7.36. The molecule has 5 rings (SSSR count). The molecule has 0 radical (unpaired) electrons. The number of amides is 1. The van der Waals surface area contributed by atoms with Gasteiger partial charge >= 0.3 is 0 Å². The quantitative estimate of drug-likeness (QED) is 0.377. The number of hydrogen-bond donors (Lipinski definition) is 2. The predicted octanol–water partition coefficient (Wildman–Crippen LogP) is 5.63. The third-order valence-corrected chi connectivity index (χ3v) is 6.69. The highest BCUT2D eigenvalue weighted by Gasteiger charge is 2.22. The fourth-order valence-electron chi connectivity index (χ4n) is 3.34. The van der Waals surface area contributed by atoms with Crippen LogP contribution in [0.3, 0.4) is 0 Å². The van der Waals surface area contributed by atoms with Gasteiger partial charge in [0.15, 0.2) is 0 Å². The van der Waals surface area contributed by atoms with E-state index in [9.17, 15) is 4.79 Å². The van der Waals surface area contributed by atoms with E-state index < -0.39 is 0 Å². The maximum absolute atomic E-state index is 12.3. The summed E-state index contributed by atoms with van der Waals surface area (Å²) < 4.78 is 0.950. The van der Waals surface area contributed by atoms with Gasteiger partial charge in [0, 0.05) is 18.0 Å². The Hall–Kier alpha value is -2.77. The predicted molar refractivity (Wildman–Crippen MR) is 125 cm³/mol. The van der Waals surface area contributed by atoms with Gasteiger partial charge < -0.3 is 10.6 Å². The number of nitrogens with one attached hydrogen (secondary N) is 2. The number of halogens is 1. The fourth-order valence-corrected chi connectivity index (χ4v) is 4.64. The normalized spacial score (nSPS) is 13.4. The summed E-state index contributed by atoms with van der Waals surface area (Å²) in [5.41, 5.74) is 4.19. The van der Waals surface area contributed by atoms with Crippen LogP contribution in [0.5, 0.6) is 0 Å². The van der Waals surface area contributed by atoms with Crippen LogP contribution in [0.15, 0.2) is 64.7 Å². The standard InChI is InChI=1S/C23H19BrN4OS/c24-21-9-8-20(30-21)23(29)25-12-14-2-1-3-15(10-14)16-4-7-19-18(11-16)22(27-13-26-19)28-17-5-6-17/h1-4,7-11,13,17H,5-6,12H2,(H,25,29)(H,26,27,28). The maximum atomic E-state index is 12.3. The van der Waals surface area contributed by atoms with E-state index in [0.29, 0.717) is 17.5 Å². The molecule has 4 aromatic rings. The highest BCUT2D eigenvalue weighted by molar-refractivity contribution is 9.11. The number of benzene rings is 2. The Morgan fingerprint density at radius 2 is 1.93 bits per heavy atom. The third-order valence-electron chi connectivity index (χ3n) is 5.06. The molecular weight excluding hydrogens is 460 g/mol. The summed E-state index contributed by atoms with van der Waals surface area (Å²) in [7, 11) is 0. The van der Waals surface area contributed by atoms with Crippen LogP contribution >= 0.6 is 27.3 Å². The minimum Gasteiger partial charge on any atom is -0.367 e. The summed E-state index contributed by atoms with van der Waals surface area (Å²) in [5, 5.41) is 7.52. The number of carbonyl (C=O) groups excluding carboxylic acids is 1. The van der Waals surface area contributed by atoms with Crippen LogP contribution in [0.25, 0.3) is 22.0 Å². The van der Waals surface area contributed by atoms with Crippen LogP contribution in [0.4, 0.5) is 5.82 Å². The number of rotatable bonds is 6. The van der Waals surface area contributed by atoms with E-state index in [1.807, 2.05) is 30.3 Å². The van der Waals surface area contributed by atoms with Gasteiger partial charge in [0.2, 0.25) is 0 Å². The van der Waals surface area contributed by atoms with Gasteiger partial charge in [-0.15, -0.1) is 11.3 Å². The van der Waals surface area contributed by atoms with Gasteiger partial charge in [-0.2, -0.15) is 0 Å². The van der Waals surface area contributed by atoms with Gasteiger partial charge in [0.1, 0.15) is 12.1 Å². The van der Waals surface area contributed by atoms with Gasteiger partial charge in [-0.05, 0) is 75.8 Å². The van der Waals surface area contributed by atoms with E-state index >= 15 is 0 Å². The molecule has 0 aliphatic heterocycles. The van der Waals surface area contributed by atoms with Crippen molar-refractivity contribution in [2.24, 2.45) is 0 Å². The summed E-state index contributed by atoms with van der Waals surface area (Å²) in [6, 6.07) is 18.7. The van der Waals surface area contributed by atoms with Crippen LogP contribution in [-0.2, 0) is 6.54 Å². The first kappa shape index (κ1) is 19.2. The average Bonchev–Trinajstić information content (AvgIpc) is 3.49. The Morgan fingerprint density at radius 3 is 2.73 bits per heavy atom. The SMILES string of the molecule is O=C(NCc1cccc(-c2ccc3ncnc(NC4CC4)c3c2)c1)c1ccc(Br)s1. The monoisotopic (exact) mass is 478 g/mol. The number of thiophene rings is 1. The lowest BCUT2D eigenvalue weighted by molar-refractivity contribution is 0.0955. The molecule has 0 atom stereocenters. The molecule has 0 saturated heterocycles. The Morgan fingerprint density at radius 1 is 1.07 bits per heavy atom. The van der Waals surface area contributed by atoms with Crippen LogP contribution in [0, 0.1) is 0 Å². The van der Waals surface area contributed by atoms with Gasteiger partial charge in [0.25, 0.3) is 5.91 Å².